The molecule has 168 valence electrons. The van der Waals surface area contributed by atoms with E-state index < -0.39 is 0 Å². The average molecular weight is 455 g/mol. The summed E-state index contributed by atoms with van der Waals surface area (Å²) in [6.45, 7) is 4.04. The number of fused-ring (bicyclic) bond motifs is 1. The molecule has 1 amide bonds. The lowest BCUT2D eigenvalue weighted by molar-refractivity contribution is -0.137. The Morgan fingerprint density at radius 2 is 2.12 bits per heavy atom. The fourth-order valence-corrected chi connectivity index (χ4v) is 5.01. The highest BCUT2D eigenvalue weighted by Gasteiger charge is 2.22. The molecule has 0 unspecified atom stereocenters. The van der Waals surface area contributed by atoms with Gasteiger partial charge in [0.1, 0.15) is 11.1 Å². The van der Waals surface area contributed by atoms with Crippen LogP contribution in [0.5, 0.6) is 11.5 Å². The lowest BCUT2D eigenvalue weighted by atomic mass is 10.0. The van der Waals surface area contributed by atoms with Gasteiger partial charge in [-0.05, 0) is 42.8 Å². The summed E-state index contributed by atoms with van der Waals surface area (Å²) in [7, 11) is 3.65. The third-order valence-electron chi connectivity index (χ3n) is 5.57. The normalized spacial score (nSPS) is 16.6. The first-order valence-electron chi connectivity index (χ1n) is 10.5. The predicted molar refractivity (Wildman–Crippen MR) is 122 cm³/mol. The number of morpholine rings is 1. The first-order chi connectivity index (χ1) is 15.6. The molecule has 0 aliphatic carbocycles. The summed E-state index contributed by atoms with van der Waals surface area (Å²) in [6.07, 6.45) is 2.61. The molecule has 0 bridgehead atoms. The van der Waals surface area contributed by atoms with E-state index >= 15 is 0 Å². The van der Waals surface area contributed by atoms with E-state index in [9.17, 15) is 10.1 Å². The summed E-state index contributed by atoms with van der Waals surface area (Å²) in [5.41, 5.74) is 2.64. The Morgan fingerprint density at radius 3 is 2.88 bits per heavy atom. The van der Waals surface area contributed by atoms with Gasteiger partial charge in [0.25, 0.3) is 5.91 Å². The monoisotopic (exact) mass is 454 g/mol. The van der Waals surface area contributed by atoms with Gasteiger partial charge < -0.3 is 24.0 Å². The molecule has 4 rings (SSSR count). The molecule has 1 aromatic carbocycles. The van der Waals surface area contributed by atoms with Gasteiger partial charge in [-0.25, -0.2) is 4.99 Å². The topological polar surface area (TPSA) is 87.4 Å². The molecule has 0 spiro atoms. The Labute approximate surface area is 191 Å². The van der Waals surface area contributed by atoms with Gasteiger partial charge in [-0.15, -0.1) is 11.3 Å². The lowest BCUT2D eigenvalue weighted by Gasteiger charge is -2.26. The van der Waals surface area contributed by atoms with Crippen molar-refractivity contribution in [3.63, 3.8) is 0 Å². The van der Waals surface area contributed by atoms with E-state index in [1.54, 1.807) is 35.6 Å². The molecular formula is C23H26N4O4S. The summed E-state index contributed by atoms with van der Waals surface area (Å²) >= 11 is 1.58. The van der Waals surface area contributed by atoms with E-state index in [4.69, 9.17) is 14.2 Å². The van der Waals surface area contributed by atoms with E-state index in [0.717, 1.165) is 35.6 Å². The SMILES string of the molecule is COc1cc(C=Nc2sc3c(c2C#N)CCN(C)C3)ccc1OCC(=O)N1CCOCC1. The molecule has 0 saturated carbocycles. The van der Waals surface area contributed by atoms with E-state index in [0.29, 0.717) is 43.4 Å². The number of thiophene rings is 1. The number of nitrogens with zero attached hydrogens (tertiary/aromatic N) is 4. The Morgan fingerprint density at radius 1 is 1.31 bits per heavy atom. The van der Waals surface area contributed by atoms with Crippen LogP contribution in [0.4, 0.5) is 5.00 Å². The van der Waals surface area contributed by atoms with Crippen LogP contribution in [0, 0.1) is 11.3 Å². The highest BCUT2D eigenvalue weighted by Crippen LogP contribution is 2.38. The second-order valence-corrected chi connectivity index (χ2v) is 8.82. The molecule has 8 nitrogen and oxygen atoms in total. The van der Waals surface area contributed by atoms with Crippen molar-refractivity contribution in [1.82, 2.24) is 9.80 Å². The Bertz CT molecular complexity index is 1050. The Hall–Kier alpha value is -2.93. The second kappa shape index (κ2) is 10.1. The van der Waals surface area contributed by atoms with Crippen LogP contribution >= 0.6 is 11.3 Å². The number of aliphatic imine (C=N–C) groups is 1. The first-order valence-corrected chi connectivity index (χ1v) is 11.3. The molecule has 3 heterocycles. The van der Waals surface area contributed by atoms with Crippen LogP contribution in [0.25, 0.3) is 0 Å². The number of carbonyl (C=O) groups excluding carboxylic acids is 1. The third kappa shape index (κ3) is 4.93. The van der Waals surface area contributed by atoms with Crippen molar-refractivity contribution in [3.8, 4) is 17.6 Å². The Balaban J connectivity index is 1.46. The van der Waals surface area contributed by atoms with Gasteiger partial charge >= 0.3 is 0 Å². The average Bonchev–Trinajstić information content (AvgIpc) is 3.18. The van der Waals surface area contributed by atoms with Gasteiger partial charge in [0.05, 0.1) is 25.9 Å². The van der Waals surface area contributed by atoms with Gasteiger partial charge in [0, 0.05) is 37.3 Å². The minimum atomic E-state index is -0.0719. The van der Waals surface area contributed by atoms with E-state index in [-0.39, 0.29) is 12.5 Å². The van der Waals surface area contributed by atoms with Crippen molar-refractivity contribution in [2.75, 3.05) is 53.6 Å². The summed E-state index contributed by atoms with van der Waals surface area (Å²) in [6, 6.07) is 7.77. The number of hydrogen-bond donors (Lipinski definition) is 0. The maximum atomic E-state index is 12.3. The number of nitriles is 1. The summed E-state index contributed by atoms with van der Waals surface area (Å²) in [5, 5.41) is 10.4. The van der Waals surface area contributed by atoms with Gasteiger partial charge in [-0.2, -0.15) is 5.26 Å². The van der Waals surface area contributed by atoms with Crippen molar-refractivity contribution in [2.45, 2.75) is 13.0 Å². The highest BCUT2D eigenvalue weighted by molar-refractivity contribution is 7.16. The maximum absolute atomic E-state index is 12.3. The van der Waals surface area contributed by atoms with Gasteiger partial charge in [0.15, 0.2) is 18.1 Å². The Kier molecular flexibility index (Phi) is 7.05. The summed E-state index contributed by atoms with van der Waals surface area (Å²) in [5.74, 6) is 0.951. The molecule has 0 N–H and O–H groups in total. The van der Waals surface area contributed by atoms with Crippen LogP contribution in [0.3, 0.4) is 0 Å². The van der Waals surface area contributed by atoms with Crippen LogP contribution in [0.1, 0.15) is 21.6 Å². The minimum absolute atomic E-state index is 0.0511. The lowest BCUT2D eigenvalue weighted by Crippen LogP contribution is -2.43. The van der Waals surface area contributed by atoms with Crippen LogP contribution < -0.4 is 9.47 Å². The van der Waals surface area contributed by atoms with Crippen molar-refractivity contribution >= 4 is 28.5 Å². The molecule has 1 aromatic heterocycles. The molecule has 2 aromatic rings. The van der Waals surface area contributed by atoms with Crippen LogP contribution in [-0.2, 0) is 22.5 Å². The molecule has 32 heavy (non-hydrogen) atoms. The number of likely N-dealkylation sites (N-methyl/N-ethyl adjacent to an activating group) is 1. The van der Waals surface area contributed by atoms with E-state index in [1.807, 2.05) is 12.1 Å². The fourth-order valence-electron chi connectivity index (χ4n) is 3.78. The summed E-state index contributed by atoms with van der Waals surface area (Å²) in [4.78, 5) is 22.1. The zero-order valence-electron chi connectivity index (χ0n) is 18.3. The smallest absolute Gasteiger partial charge is 0.260 e. The maximum Gasteiger partial charge on any atom is 0.260 e. The molecule has 2 aliphatic rings. The van der Waals surface area contributed by atoms with Crippen LogP contribution in [-0.4, -0.2) is 75.5 Å². The quantitative estimate of drug-likeness (QED) is 0.624. The molecule has 1 saturated heterocycles. The molecule has 9 heteroatoms. The molecular weight excluding hydrogens is 428 g/mol. The van der Waals surface area contributed by atoms with Crippen LogP contribution in [0.2, 0.25) is 0 Å². The number of hydrogen-bond acceptors (Lipinski definition) is 8. The number of rotatable bonds is 6. The largest absolute Gasteiger partial charge is 0.493 e. The zero-order valence-corrected chi connectivity index (χ0v) is 19.1. The summed E-state index contributed by atoms with van der Waals surface area (Å²) < 4.78 is 16.4. The number of ether oxygens (including phenoxy) is 3. The van der Waals surface area contributed by atoms with Gasteiger partial charge in [-0.3, -0.25) is 4.79 Å². The van der Waals surface area contributed by atoms with Crippen molar-refractivity contribution in [1.29, 1.82) is 5.26 Å². The highest BCUT2D eigenvalue weighted by atomic mass is 32.1. The van der Waals surface area contributed by atoms with Crippen LogP contribution in [0.15, 0.2) is 23.2 Å². The minimum Gasteiger partial charge on any atom is -0.493 e. The molecule has 0 radical (unpaired) electrons. The van der Waals surface area contributed by atoms with Gasteiger partial charge in [0.2, 0.25) is 0 Å². The third-order valence-corrected chi connectivity index (χ3v) is 6.70. The van der Waals surface area contributed by atoms with E-state index in [1.165, 1.54) is 4.88 Å². The van der Waals surface area contributed by atoms with Crippen molar-refractivity contribution in [3.05, 3.63) is 39.8 Å². The van der Waals surface area contributed by atoms with Gasteiger partial charge in [-0.1, -0.05) is 0 Å². The predicted octanol–water partition coefficient (Wildman–Crippen LogP) is 2.60. The van der Waals surface area contributed by atoms with Crippen molar-refractivity contribution in [2.24, 2.45) is 4.99 Å². The number of amides is 1. The van der Waals surface area contributed by atoms with E-state index in [2.05, 4.69) is 23.0 Å². The number of carbonyl (C=O) groups is 1. The molecule has 0 atom stereocenters. The zero-order chi connectivity index (χ0) is 22.5. The second-order valence-electron chi connectivity index (χ2n) is 7.73. The standard InChI is InChI=1S/C23H26N4O4S/c1-26-6-5-17-18(12-24)23(32-21(17)14-26)25-13-16-3-4-19(20(11-16)29-2)31-15-22(28)27-7-9-30-10-8-27/h3-4,11,13H,5-10,14-15H2,1-2H3. The first kappa shape index (κ1) is 22.3. The molecule has 2 aliphatic heterocycles. The number of benzene rings is 1. The van der Waals surface area contributed by atoms with Crippen molar-refractivity contribution < 1.29 is 19.0 Å². The number of methoxy groups -OCH3 is 1. The fraction of sp³-hybridized carbons (Fsp3) is 0.435. The molecule has 1 fully saturated rings.